The lowest BCUT2D eigenvalue weighted by Crippen LogP contribution is -2.12. The zero-order chi connectivity index (χ0) is 12.4. The molecule has 0 saturated heterocycles. The molecule has 94 valence electrons. The lowest BCUT2D eigenvalue weighted by Gasteiger charge is -2.11. The first-order chi connectivity index (χ1) is 7.56. The van der Waals surface area contributed by atoms with Crippen LogP contribution < -0.4 is 0 Å². The minimum Gasteiger partial charge on any atom is -0.481 e. The quantitative estimate of drug-likeness (QED) is 0.566. The highest BCUT2D eigenvalue weighted by atomic mass is 16.4. The van der Waals surface area contributed by atoms with Crippen molar-refractivity contribution in [1.82, 2.24) is 0 Å². The third kappa shape index (κ3) is 9.49. The molecule has 0 atom stereocenters. The van der Waals surface area contributed by atoms with E-state index in [2.05, 4.69) is 6.92 Å². The highest BCUT2D eigenvalue weighted by Crippen LogP contribution is 2.18. The van der Waals surface area contributed by atoms with Gasteiger partial charge in [0.1, 0.15) is 0 Å². The predicted octanol–water partition coefficient (Wildman–Crippen LogP) is 2.91. The van der Waals surface area contributed by atoms with Gasteiger partial charge in [0.15, 0.2) is 0 Å². The van der Waals surface area contributed by atoms with Crippen LogP contribution in [-0.4, -0.2) is 22.2 Å². The molecule has 0 rings (SSSR count). The zero-order valence-corrected chi connectivity index (χ0v) is 9.95. The highest BCUT2D eigenvalue weighted by molar-refractivity contribution is 5.70. The Kier molecular flexibility index (Phi) is 8.58. The molecule has 0 amide bonds. The molecule has 0 saturated carbocycles. The van der Waals surface area contributed by atoms with E-state index in [9.17, 15) is 9.59 Å². The maximum atomic E-state index is 10.5. The number of carboxylic acid groups (broad SMARTS) is 2. The van der Waals surface area contributed by atoms with Crippen LogP contribution in [-0.2, 0) is 9.59 Å². The normalized spacial score (nSPS) is 10.6. The minimum atomic E-state index is -0.903. The van der Waals surface area contributed by atoms with Crippen molar-refractivity contribution in [2.24, 2.45) is 5.92 Å². The first-order valence-electron chi connectivity index (χ1n) is 5.99. The largest absolute Gasteiger partial charge is 0.481 e. The molecule has 0 aliphatic carbocycles. The van der Waals surface area contributed by atoms with E-state index >= 15 is 0 Å². The molecule has 0 spiro atoms. The van der Waals surface area contributed by atoms with E-state index in [-0.39, 0.29) is 18.8 Å². The Morgan fingerprint density at radius 2 is 1.44 bits per heavy atom. The van der Waals surface area contributed by atoms with Gasteiger partial charge in [0.2, 0.25) is 0 Å². The molecular weight excluding hydrogens is 208 g/mol. The molecule has 0 aromatic carbocycles. The van der Waals surface area contributed by atoms with Gasteiger partial charge >= 0.3 is 11.9 Å². The van der Waals surface area contributed by atoms with E-state index in [1.165, 1.54) is 12.8 Å². The average Bonchev–Trinajstić information content (AvgIpc) is 2.15. The molecule has 0 fully saturated rings. The molecule has 0 unspecified atom stereocenters. The van der Waals surface area contributed by atoms with E-state index in [4.69, 9.17) is 10.2 Å². The third-order valence-corrected chi connectivity index (χ3v) is 2.64. The number of carboxylic acids is 2. The van der Waals surface area contributed by atoms with Crippen molar-refractivity contribution in [1.29, 1.82) is 0 Å². The summed E-state index contributed by atoms with van der Waals surface area (Å²) in [7, 11) is 0. The van der Waals surface area contributed by atoms with Gasteiger partial charge in [-0.05, 0) is 12.3 Å². The molecule has 2 N–H and O–H groups in total. The standard InChI is InChI=1S/C12H22O4/c1-2-3-4-5-6-7-10(8-11(13)14)9-12(15)16/h10H,2-9H2,1H3,(H,13,14)(H,15,16). The van der Waals surface area contributed by atoms with Crippen LogP contribution in [0.5, 0.6) is 0 Å². The molecule has 0 heterocycles. The third-order valence-electron chi connectivity index (χ3n) is 2.64. The van der Waals surface area contributed by atoms with Gasteiger partial charge in [-0.15, -0.1) is 0 Å². The molecule has 0 aliphatic heterocycles. The van der Waals surface area contributed by atoms with E-state index in [0.29, 0.717) is 6.42 Å². The predicted molar refractivity (Wildman–Crippen MR) is 61.4 cm³/mol. The number of hydrogen-bond acceptors (Lipinski definition) is 2. The fourth-order valence-electron chi connectivity index (χ4n) is 1.81. The van der Waals surface area contributed by atoms with Crippen LogP contribution in [0.25, 0.3) is 0 Å². The summed E-state index contributed by atoms with van der Waals surface area (Å²) in [5.74, 6) is -2.02. The monoisotopic (exact) mass is 230 g/mol. The van der Waals surface area contributed by atoms with E-state index < -0.39 is 11.9 Å². The van der Waals surface area contributed by atoms with Crippen molar-refractivity contribution >= 4 is 11.9 Å². The SMILES string of the molecule is CCCCCCCC(CC(=O)O)CC(=O)O. The van der Waals surface area contributed by atoms with Gasteiger partial charge in [0.05, 0.1) is 0 Å². The van der Waals surface area contributed by atoms with Crippen LogP contribution in [0.3, 0.4) is 0 Å². The Morgan fingerprint density at radius 1 is 0.938 bits per heavy atom. The van der Waals surface area contributed by atoms with E-state index in [0.717, 1.165) is 19.3 Å². The molecule has 0 radical (unpaired) electrons. The molecule has 0 bridgehead atoms. The Morgan fingerprint density at radius 3 is 1.88 bits per heavy atom. The summed E-state index contributed by atoms with van der Waals surface area (Å²) < 4.78 is 0. The lowest BCUT2D eigenvalue weighted by atomic mass is 9.94. The summed E-state index contributed by atoms with van der Waals surface area (Å²) in [6.45, 7) is 2.14. The second-order valence-electron chi connectivity index (χ2n) is 4.26. The molecule has 16 heavy (non-hydrogen) atoms. The molecule has 4 heteroatoms. The van der Waals surface area contributed by atoms with Gasteiger partial charge < -0.3 is 10.2 Å². The zero-order valence-electron chi connectivity index (χ0n) is 9.95. The number of unbranched alkanes of at least 4 members (excludes halogenated alkanes) is 4. The Hall–Kier alpha value is -1.06. The van der Waals surface area contributed by atoms with Crippen LogP contribution in [0.1, 0.15) is 58.3 Å². The van der Waals surface area contributed by atoms with Gasteiger partial charge in [-0.25, -0.2) is 0 Å². The minimum absolute atomic E-state index is 0.0277. The van der Waals surface area contributed by atoms with Gasteiger partial charge in [0, 0.05) is 12.8 Å². The maximum absolute atomic E-state index is 10.5. The second-order valence-corrected chi connectivity index (χ2v) is 4.26. The molecular formula is C12H22O4. The average molecular weight is 230 g/mol. The van der Waals surface area contributed by atoms with Crippen molar-refractivity contribution in [3.05, 3.63) is 0 Å². The summed E-state index contributed by atoms with van der Waals surface area (Å²) in [5.41, 5.74) is 0. The summed E-state index contributed by atoms with van der Waals surface area (Å²) in [6, 6.07) is 0. The Balaban J connectivity index is 3.73. The van der Waals surface area contributed by atoms with Crippen molar-refractivity contribution < 1.29 is 19.8 Å². The van der Waals surface area contributed by atoms with Gasteiger partial charge in [-0.2, -0.15) is 0 Å². The second kappa shape index (κ2) is 9.19. The fraction of sp³-hybridized carbons (Fsp3) is 0.833. The van der Waals surface area contributed by atoms with Crippen LogP contribution in [0.4, 0.5) is 0 Å². The van der Waals surface area contributed by atoms with Crippen LogP contribution in [0, 0.1) is 5.92 Å². The van der Waals surface area contributed by atoms with Crippen molar-refractivity contribution in [2.45, 2.75) is 58.3 Å². The number of rotatable bonds is 10. The Bertz CT molecular complexity index is 197. The first kappa shape index (κ1) is 14.9. The van der Waals surface area contributed by atoms with E-state index in [1.54, 1.807) is 0 Å². The summed E-state index contributed by atoms with van der Waals surface area (Å²) in [6.07, 6.45) is 6.19. The van der Waals surface area contributed by atoms with Crippen LogP contribution in [0.2, 0.25) is 0 Å². The smallest absolute Gasteiger partial charge is 0.303 e. The van der Waals surface area contributed by atoms with Crippen LogP contribution >= 0.6 is 0 Å². The molecule has 4 nitrogen and oxygen atoms in total. The van der Waals surface area contributed by atoms with Gasteiger partial charge in [-0.1, -0.05) is 39.0 Å². The van der Waals surface area contributed by atoms with Gasteiger partial charge in [0.25, 0.3) is 0 Å². The van der Waals surface area contributed by atoms with Crippen LogP contribution in [0.15, 0.2) is 0 Å². The molecule has 0 aromatic rings. The maximum Gasteiger partial charge on any atom is 0.303 e. The first-order valence-corrected chi connectivity index (χ1v) is 5.99. The number of carbonyl (C=O) groups is 2. The number of aliphatic carboxylic acids is 2. The van der Waals surface area contributed by atoms with E-state index in [1.807, 2.05) is 0 Å². The fourth-order valence-corrected chi connectivity index (χ4v) is 1.81. The summed E-state index contributed by atoms with van der Waals surface area (Å²) >= 11 is 0. The summed E-state index contributed by atoms with van der Waals surface area (Å²) in [5, 5.41) is 17.3. The molecule has 0 aliphatic rings. The van der Waals surface area contributed by atoms with Crippen molar-refractivity contribution in [3.8, 4) is 0 Å². The van der Waals surface area contributed by atoms with Crippen molar-refractivity contribution in [3.63, 3.8) is 0 Å². The lowest BCUT2D eigenvalue weighted by molar-refractivity contribution is -0.140. The molecule has 0 aromatic heterocycles. The van der Waals surface area contributed by atoms with Gasteiger partial charge in [-0.3, -0.25) is 9.59 Å². The number of hydrogen-bond donors (Lipinski definition) is 2. The van der Waals surface area contributed by atoms with Crippen molar-refractivity contribution in [2.75, 3.05) is 0 Å². The summed E-state index contributed by atoms with van der Waals surface area (Å²) in [4.78, 5) is 21.1. The topological polar surface area (TPSA) is 74.6 Å². The highest BCUT2D eigenvalue weighted by Gasteiger charge is 2.16. The Labute approximate surface area is 96.7 Å².